The van der Waals surface area contributed by atoms with E-state index in [1.54, 1.807) is 54.6 Å². The number of rotatable bonds is 14. The fourth-order valence-corrected chi connectivity index (χ4v) is 4.83. The van der Waals surface area contributed by atoms with E-state index in [0.717, 1.165) is 6.92 Å². The van der Waals surface area contributed by atoms with Crippen LogP contribution in [0.25, 0.3) is 0 Å². The molecule has 0 aliphatic rings. The smallest absolute Gasteiger partial charge is 0.338 e. The van der Waals surface area contributed by atoms with Gasteiger partial charge in [0.2, 0.25) is 11.9 Å². The quantitative estimate of drug-likeness (QED) is 0.120. The Labute approximate surface area is 270 Å². The number of benzene rings is 3. The normalized spacial score (nSPS) is 13.4. The number of carbonyl (C=O) groups is 5. The van der Waals surface area contributed by atoms with Crippen LogP contribution in [0.5, 0.6) is 0 Å². The van der Waals surface area contributed by atoms with E-state index in [9.17, 15) is 24.0 Å². The van der Waals surface area contributed by atoms with Gasteiger partial charge in [0.25, 0.3) is 0 Å². The monoisotopic (exact) mass is 648 g/mol. The minimum atomic E-state index is -2.49. The highest BCUT2D eigenvalue weighted by molar-refractivity contribution is 6.74. The van der Waals surface area contributed by atoms with E-state index in [1.807, 2.05) is 33.9 Å². The lowest BCUT2D eigenvalue weighted by Crippen LogP contribution is -2.53. The Balaban J connectivity index is 2.10. The largest absolute Gasteiger partial charge is 0.462 e. The highest BCUT2D eigenvalue weighted by Gasteiger charge is 2.45. The third-order valence-electron chi connectivity index (χ3n) is 7.58. The molecule has 3 aromatic carbocycles. The van der Waals surface area contributed by atoms with Gasteiger partial charge in [0.05, 0.1) is 23.3 Å². The molecule has 0 spiro atoms. The molecule has 10 nitrogen and oxygen atoms in total. The van der Waals surface area contributed by atoms with Gasteiger partial charge in [-0.2, -0.15) is 0 Å². The van der Waals surface area contributed by atoms with Gasteiger partial charge >= 0.3 is 23.9 Å². The van der Waals surface area contributed by atoms with Crippen LogP contribution in [0.4, 0.5) is 0 Å². The Morgan fingerprint density at radius 2 is 1.07 bits per heavy atom. The summed E-state index contributed by atoms with van der Waals surface area (Å²) in [4.78, 5) is 66.0. The molecule has 46 heavy (non-hydrogen) atoms. The van der Waals surface area contributed by atoms with Gasteiger partial charge in [-0.05, 0) is 54.5 Å². The molecule has 0 amide bonds. The Bertz CT molecular complexity index is 1480. The van der Waals surface area contributed by atoms with Gasteiger partial charge in [0, 0.05) is 6.92 Å². The van der Waals surface area contributed by atoms with Crippen molar-refractivity contribution in [1.29, 1.82) is 0 Å². The molecule has 0 unspecified atom stereocenters. The van der Waals surface area contributed by atoms with Crippen LogP contribution in [0.2, 0.25) is 18.1 Å². The molecular weight excluding hydrogens is 608 g/mol. The molecule has 0 saturated carbocycles. The molecule has 0 aliphatic carbocycles. The number of hydrogen-bond donors (Lipinski definition) is 0. The van der Waals surface area contributed by atoms with Crippen LogP contribution >= 0.6 is 0 Å². The molecular formula is C35H40O10Si. The second-order valence-electron chi connectivity index (χ2n) is 12.1. The van der Waals surface area contributed by atoms with Crippen LogP contribution in [0.3, 0.4) is 0 Å². The summed E-state index contributed by atoms with van der Waals surface area (Å²) in [5, 5.41) is -0.258. The first-order valence-electron chi connectivity index (χ1n) is 14.8. The predicted molar refractivity (Wildman–Crippen MR) is 172 cm³/mol. The number of hydrogen-bond acceptors (Lipinski definition) is 10. The molecule has 0 aromatic heterocycles. The van der Waals surface area contributed by atoms with E-state index in [2.05, 4.69) is 0 Å². The topological polar surface area (TPSA) is 132 Å². The zero-order valence-electron chi connectivity index (χ0n) is 26.9. The minimum Gasteiger partial charge on any atom is -0.462 e. The standard InChI is InChI=1S/C35H40O10Si/c1-24(36)41-23-29(43-32(38)25-16-10-7-11-17-25)31(45-34(40)27-20-14-9-15-21-27)30(44-33(39)26-18-12-8-13-19-26)28(37)22-42-46(5,6)35(2,3)4/h7-21,29-31H,22-23H2,1-6H3/t29-,30-,31-/m1/s1. The van der Waals surface area contributed by atoms with Crippen LogP contribution in [-0.2, 0) is 33.0 Å². The molecule has 3 aromatic rings. The second kappa shape index (κ2) is 16.1. The number of esters is 4. The Hall–Kier alpha value is -4.61. The van der Waals surface area contributed by atoms with Gasteiger partial charge in [-0.1, -0.05) is 75.4 Å². The number of carbonyl (C=O) groups excluding carboxylic acids is 5. The van der Waals surface area contributed by atoms with E-state index in [0.29, 0.717) is 0 Å². The van der Waals surface area contributed by atoms with Crippen molar-refractivity contribution < 1.29 is 47.3 Å². The van der Waals surface area contributed by atoms with Crippen LogP contribution in [-0.4, -0.2) is 69.5 Å². The lowest BCUT2D eigenvalue weighted by atomic mass is 10.0. The van der Waals surface area contributed by atoms with E-state index < -0.39 is 69.5 Å². The fourth-order valence-electron chi connectivity index (χ4n) is 3.90. The fraction of sp³-hybridized carbons (Fsp3) is 0.343. The maximum Gasteiger partial charge on any atom is 0.338 e. The molecule has 0 bridgehead atoms. The maximum atomic E-state index is 14.0. The highest BCUT2D eigenvalue weighted by Crippen LogP contribution is 2.36. The lowest BCUT2D eigenvalue weighted by Gasteiger charge is -2.37. The van der Waals surface area contributed by atoms with Crippen molar-refractivity contribution in [3.05, 3.63) is 108 Å². The summed E-state index contributed by atoms with van der Waals surface area (Å²) in [5.74, 6) is -4.11. The Kier molecular flexibility index (Phi) is 12.5. The van der Waals surface area contributed by atoms with Crippen molar-refractivity contribution >= 4 is 38.0 Å². The third kappa shape index (κ3) is 10.2. The van der Waals surface area contributed by atoms with Gasteiger partial charge in [-0.15, -0.1) is 0 Å². The summed E-state index contributed by atoms with van der Waals surface area (Å²) in [6.45, 7) is 9.93. The van der Waals surface area contributed by atoms with E-state index in [-0.39, 0.29) is 21.7 Å². The van der Waals surface area contributed by atoms with E-state index in [1.165, 1.54) is 36.4 Å². The van der Waals surface area contributed by atoms with Gasteiger partial charge in [0.15, 0.2) is 20.5 Å². The molecule has 0 radical (unpaired) electrons. The summed E-state index contributed by atoms with van der Waals surface area (Å²) < 4.78 is 28.7. The minimum absolute atomic E-state index is 0.117. The lowest BCUT2D eigenvalue weighted by molar-refractivity contribution is -0.154. The molecule has 0 heterocycles. The summed E-state index contributed by atoms with van der Waals surface area (Å²) in [5.41, 5.74) is 0.386. The third-order valence-corrected chi connectivity index (χ3v) is 12.1. The molecule has 0 saturated heterocycles. The van der Waals surface area contributed by atoms with Crippen LogP contribution in [0.15, 0.2) is 91.0 Å². The van der Waals surface area contributed by atoms with Gasteiger partial charge in [0.1, 0.15) is 6.61 Å². The van der Waals surface area contributed by atoms with E-state index in [4.69, 9.17) is 23.4 Å². The summed E-state index contributed by atoms with van der Waals surface area (Å²) in [6, 6.07) is 23.8. The van der Waals surface area contributed by atoms with Crippen molar-refractivity contribution in [2.24, 2.45) is 0 Å². The van der Waals surface area contributed by atoms with Crippen LogP contribution in [0, 0.1) is 0 Å². The van der Waals surface area contributed by atoms with Crippen molar-refractivity contribution in [2.45, 2.75) is 64.1 Å². The summed E-state index contributed by atoms with van der Waals surface area (Å²) in [6.07, 6.45) is -5.15. The molecule has 0 aliphatic heterocycles. The van der Waals surface area contributed by atoms with Crippen LogP contribution < -0.4 is 0 Å². The average Bonchev–Trinajstić information content (AvgIpc) is 3.04. The molecule has 244 valence electrons. The first-order chi connectivity index (χ1) is 21.7. The average molecular weight is 649 g/mol. The van der Waals surface area contributed by atoms with Crippen molar-refractivity contribution in [1.82, 2.24) is 0 Å². The zero-order chi connectivity index (χ0) is 33.9. The predicted octanol–water partition coefficient (Wildman–Crippen LogP) is 5.82. The van der Waals surface area contributed by atoms with Crippen molar-refractivity contribution in [2.75, 3.05) is 13.2 Å². The molecule has 3 rings (SSSR count). The number of ether oxygens (including phenoxy) is 4. The Morgan fingerprint density at radius 3 is 1.48 bits per heavy atom. The van der Waals surface area contributed by atoms with Crippen molar-refractivity contribution in [3.63, 3.8) is 0 Å². The van der Waals surface area contributed by atoms with Crippen LogP contribution in [0.1, 0.15) is 58.8 Å². The summed E-state index contributed by atoms with van der Waals surface area (Å²) >= 11 is 0. The number of ketones is 1. The van der Waals surface area contributed by atoms with Crippen molar-refractivity contribution in [3.8, 4) is 0 Å². The van der Waals surface area contributed by atoms with Gasteiger partial charge < -0.3 is 23.4 Å². The highest BCUT2D eigenvalue weighted by atomic mass is 28.4. The SMILES string of the molecule is CC(=O)OC[C@@H](OC(=O)c1ccccc1)[C@@H](OC(=O)c1ccccc1)[C@H](OC(=O)c1ccccc1)C(=O)CO[Si](C)(C)C(C)(C)C. The molecule has 11 heteroatoms. The number of Topliss-reactive ketones (excluding diaryl/α,β-unsaturated/α-hetero) is 1. The molecule has 3 atom stereocenters. The van der Waals surface area contributed by atoms with E-state index >= 15 is 0 Å². The molecule has 0 N–H and O–H groups in total. The first-order valence-corrected chi connectivity index (χ1v) is 17.7. The van der Waals surface area contributed by atoms with Gasteiger partial charge in [-0.25, -0.2) is 14.4 Å². The van der Waals surface area contributed by atoms with Gasteiger partial charge in [-0.3, -0.25) is 9.59 Å². The maximum absolute atomic E-state index is 14.0. The zero-order valence-corrected chi connectivity index (χ0v) is 27.9. The second-order valence-corrected chi connectivity index (χ2v) is 16.9. The Morgan fingerprint density at radius 1 is 0.652 bits per heavy atom. The molecule has 0 fully saturated rings. The summed E-state index contributed by atoms with van der Waals surface area (Å²) in [7, 11) is -2.49. The first kappa shape index (κ1) is 35.9.